The van der Waals surface area contributed by atoms with E-state index >= 15 is 0 Å². The van der Waals surface area contributed by atoms with Crippen LogP contribution in [0, 0.1) is 0 Å². The number of nitrogens with two attached hydrogens (primary N) is 1. The van der Waals surface area contributed by atoms with Crippen LogP contribution in [0.25, 0.3) is 0 Å². The van der Waals surface area contributed by atoms with Crippen molar-refractivity contribution >= 4 is 23.1 Å². The molecule has 2 N–H and O–H groups in total. The summed E-state index contributed by atoms with van der Waals surface area (Å²) in [7, 11) is 1.62. The van der Waals surface area contributed by atoms with E-state index in [1.165, 1.54) is 0 Å². The van der Waals surface area contributed by atoms with Crippen molar-refractivity contribution in [3.8, 4) is 0 Å². The number of hydrogen-bond donors (Lipinski definition) is 1. The van der Waals surface area contributed by atoms with E-state index in [-0.39, 0.29) is 11.9 Å². The molecule has 98 valence electrons. The lowest BCUT2D eigenvalue weighted by Gasteiger charge is -2.37. The second kappa shape index (κ2) is 5.78. The molecule has 0 radical (unpaired) electrons. The summed E-state index contributed by atoms with van der Waals surface area (Å²) in [4.78, 5) is 14.5. The number of carbonyl (C=O) groups is 1. The van der Waals surface area contributed by atoms with Gasteiger partial charge in [0.25, 0.3) is 0 Å². The Morgan fingerprint density at radius 1 is 1.53 bits per heavy atom. The Kier molecular flexibility index (Phi) is 4.89. The van der Waals surface area contributed by atoms with Gasteiger partial charge in [0.05, 0.1) is 23.1 Å². The first kappa shape index (κ1) is 14.4. The number of thiocarbonyl (C=S) groups is 1. The molecule has 1 rings (SSSR count). The van der Waals surface area contributed by atoms with Gasteiger partial charge < -0.3 is 15.4 Å². The molecule has 1 aliphatic rings. The van der Waals surface area contributed by atoms with Crippen molar-refractivity contribution in [1.82, 2.24) is 4.90 Å². The SMILES string of the molecule is COC(C)(C)CC(=O)N1CCCCC1C(N)=S. The van der Waals surface area contributed by atoms with Crippen LogP contribution in [0.5, 0.6) is 0 Å². The standard InChI is InChI=1S/C12H22N2O2S/c1-12(2,16-3)8-10(15)14-7-5-4-6-9(14)11(13)17/h9H,4-8H2,1-3H3,(H2,13,17). The van der Waals surface area contributed by atoms with Gasteiger partial charge in [0.2, 0.25) is 5.91 Å². The predicted molar refractivity (Wildman–Crippen MR) is 71.8 cm³/mol. The molecule has 1 unspecified atom stereocenters. The fourth-order valence-corrected chi connectivity index (χ4v) is 2.31. The molecule has 0 saturated carbocycles. The highest BCUT2D eigenvalue weighted by molar-refractivity contribution is 7.80. The minimum absolute atomic E-state index is 0.0705. The Hall–Kier alpha value is -0.680. The van der Waals surface area contributed by atoms with Gasteiger partial charge in [-0.25, -0.2) is 0 Å². The highest BCUT2D eigenvalue weighted by Crippen LogP contribution is 2.21. The van der Waals surface area contributed by atoms with Gasteiger partial charge in [-0.15, -0.1) is 0 Å². The van der Waals surface area contributed by atoms with Crippen molar-refractivity contribution in [2.75, 3.05) is 13.7 Å². The molecular weight excluding hydrogens is 236 g/mol. The predicted octanol–water partition coefficient (Wildman–Crippen LogP) is 1.47. The van der Waals surface area contributed by atoms with Crippen LogP contribution >= 0.6 is 12.2 Å². The number of ether oxygens (including phenoxy) is 1. The zero-order chi connectivity index (χ0) is 13.1. The second-order valence-corrected chi connectivity index (χ2v) is 5.61. The summed E-state index contributed by atoms with van der Waals surface area (Å²) in [6.45, 7) is 4.57. The Morgan fingerprint density at radius 2 is 2.18 bits per heavy atom. The second-order valence-electron chi connectivity index (χ2n) is 5.14. The van der Waals surface area contributed by atoms with Gasteiger partial charge in [0.15, 0.2) is 0 Å². The molecule has 4 nitrogen and oxygen atoms in total. The van der Waals surface area contributed by atoms with Crippen LogP contribution in [0.1, 0.15) is 39.5 Å². The molecule has 17 heavy (non-hydrogen) atoms. The quantitative estimate of drug-likeness (QED) is 0.776. The fraction of sp³-hybridized carbons (Fsp3) is 0.833. The molecular formula is C12H22N2O2S. The topological polar surface area (TPSA) is 55.6 Å². The Morgan fingerprint density at radius 3 is 2.71 bits per heavy atom. The van der Waals surface area contributed by atoms with Crippen molar-refractivity contribution in [2.45, 2.75) is 51.2 Å². The molecule has 0 bridgehead atoms. The van der Waals surface area contributed by atoms with E-state index in [9.17, 15) is 4.79 Å². The van der Waals surface area contributed by atoms with Gasteiger partial charge in [-0.1, -0.05) is 12.2 Å². The first-order valence-corrected chi connectivity index (χ1v) is 6.42. The van der Waals surface area contributed by atoms with E-state index < -0.39 is 5.60 Å². The highest BCUT2D eigenvalue weighted by atomic mass is 32.1. The molecule has 0 aromatic rings. The molecule has 0 spiro atoms. The number of methoxy groups -OCH3 is 1. The maximum absolute atomic E-state index is 12.2. The Labute approximate surface area is 108 Å². The summed E-state index contributed by atoms with van der Waals surface area (Å²) < 4.78 is 5.28. The molecule has 1 fully saturated rings. The van der Waals surface area contributed by atoms with Crippen LogP contribution in [0.15, 0.2) is 0 Å². The van der Waals surface area contributed by atoms with Gasteiger partial charge in [-0.3, -0.25) is 4.79 Å². The number of nitrogens with zero attached hydrogens (tertiary/aromatic N) is 1. The monoisotopic (exact) mass is 258 g/mol. The molecule has 0 aromatic heterocycles. The van der Waals surface area contributed by atoms with Gasteiger partial charge in [0, 0.05) is 13.7 Å². The zero-order valence-electron chi connectivity index (χ0n) is 10.9. The minimum atomic E-state index is -0.435. The van der Waals surface area contributed by atoms with Crippen LogP contribution in [-0.4, -0.2) is 41.1 Å². The normalized spacial score (nSPS) is 21.4. The van der Waals surface area contributed by atoms with Gasteiger partial charge in [-0.2, -0.15) is 0 Å². The number of carbonyl (C=O) groups excluding carboxylic acids is 1. The average molecular weight is 258 g/mol. The number of likely N-dealkylation sites (tertiary alicyclic amines) is 1. The summed E-state index contributed by atoms with van der Waals surface area (Å²) in [6.07, 6.45) is 3.36. The molecule has 1 amide bonds. The molecule has 1 aliphatic heterocycles. The zero-order valence-corrected chi connectivity index (χ0v) is 11.7. The van der Waals surface area contributed by atoms with E-state index in [4.69, 9.17) is 22.7 Å². The van der Waals surface area contributed by atoms with E-state index in [2.05, 4.69) is 0 Å². The first-order valence-electron chi connectivity index (χ1n) is 6.01. The number of piperidine rings is 1. The van der Waals surface area contributed by atoms with Gasteiger partial charge in [-0.05, 0) is 33.1 Å². The Balaban J connectivity index is 2.69. The van der Waals surface area contributed by atoms with Crippen molar-refractivity contribution in [2.24, 2.45) is 5.73 Å². The highest BCUT2D eigenvalue weighted by Gasteiger charge is 2.31. The van der Waals surface area contributed by atoms with E-state index in [0.29, 0.717) is 11.4 Å². The largest absolute Gasteiger partial charge is 0.392 e. The average Bonchev–Trinajstić information content (AvgIpc) is 2.28. The minimum Gasteiger partial charge on any atom is -0.392 e. The lowest BCUT2D eigenvalue weighted by molar-refractivity contribution is -0.138. The Bertz CT molecular complexity index is 305. The van der Waals surface area contributed by atoms with Crippen LogP contribution in [0.2, 0.25) is 0 Å². The molecule has 1 saturated heterocycles. The van der Waals surface area contributed by atoms with E-state index in [1.807, 2.05) is 18.7 Å². The van der Waals surface area contributed by atoms with E-state index in [1.54, 1.807) is 7.11 Å². The van der Waals surface area contributed by atoms with Crippen molar-refractivity contribution in [1.29, 1.82) is 0 Å². The third kappa shape index (κ3) is 3.92. The fourth-order valence-electron chi connectivity index (χ4n) is 2.06. The molecule has 1 atom stereocenters. The van der Waals surface area contributed by atoms with Crippen LogP contribution in [0.4, 0.5) is 0 Å². The summed E-state index contributed by atoms with van der Waals surface area (Å²) in [5, 5.41) is 0. The van der Waals surface area contributed by atoms with E-state index in [0.717, 1.165) is 25.8 Å². The van der Waals surface area contributed by atoms with Crippen molar-refractivity contribution in [3.05, 3.63) is 0 Å². The number of amides is 1. The lowest BCUT2D eigenvalue weighted by atomic mass is 9.98. The molecule has 0 aromatic carbocycles. The smallest absolute Gasteiger partial charge is 0.226 e. The lowest BCUT2D eigenvalue weighted by Crippen LogP contribution is -2.51. The van der Waals surface area contributed by atoms with Crippen LogP contribution < -0.4 is 5.73 Å². The van der Waals surface area contributed by atoms with Crippen molar-refractivity contribution < 1.29 is 9.53 Å². The van der Waals surface area contributed by atoms with Crippen LogP contribution in [0.3, 0.4) is 0 Å². The number of rotatable bonds is 4. The molecule has 5 heteroatoms. The molecule has 1 heterocycles. The van der Waals surface area contributed by atoms with Gasteiger partial charge in [0.1, 0.15) is 0 Å². The summed E-state index contributed by atoms with van der Waals surface area (Å²) in [5.74, 6) is 0.0781. The number of hydrogen-bond acceptors (Lipinski definition) is 3. The maximum atomic E-state index is 12.2. The molecule has 0 aliphatic carbocycles. The summed E-state index contributed by atoms with van der Waals surface area (Å²) in [6, 6.07) is -0.0705. The first-order chi connectivity index (χ1) is 7.87. The summed E-state index contributed by atoms with van der Waals surface area (Å²) >= 11 is 5.03. The third-order valence-corrected chi connectivity index (χ3v) is 3.55. The van der Waals surface area contributed by atoms with Crippen molar-refractivity contribution in [3.63, 3.8) is 0 Å². The van der Waals surface area contributed by atoms with Crippen LogP contribution in [-0.2, 0) is 9.53 Å². The van der Waals surface area contributed by atoms with Gasteiger partial charge >= 0.3 is 0 Å². The summed E-state index contributed by atoms with van der Waals surface area (Å²) in [5.41, 5.74) is 5.26. The third-order valence-electron chi connectivity index (χ3n) is 3.28. The maximum Gasteiger partial charge on any atom is 0.226 e.